The molecule has 0 amide bonds. The number of nitrogens with one attached hydrogen (secondary N) is 1. The number of hydrogen-bond acceptors (Lipinski definition) is 4. The van der Waals surface area contributed by atoms with Crippen LogP contribution in [0.5, 0.6) is 11.5 Å². The lowest BCUT2D eigenvalue weighted by molar-refractivity contribution is 0.292. The Hall–Kier alpha value is -1.42. The predicted molar refractivity (Wildman–Crippen MR) is 59.7 cm³/mol. The fourth-order valence-corrected chi connectivity index (χ4v) is 1.25. The summed E-state index contributed by atoms with van der Waals surface area (Å²) in [6.45, 7) is 0.907. The summed E-state index contributed by atoms with van der Waals surface area (Å²) in [7, 11) is 3.24. The molecule has 0 saturated carbocycles. The summed E-state index contributed by atoms with van der Waals surface area (Å²) in [5, 5.41) is 11.8. The molecule has 4 nitrogen and oxygen atoms in total. The van der Waals surface area contributed by atoms with Gasteiger partial charge in [0.15, 0.2) is 0 Å². The van der Waals surface area contributed by atoms with Crippen LogP contribution in [0.3, 0.4) is 0 Å². The Morgan fingerprint density at radius 2 is 2.07 bits per heavy atom. The highest BCUT2D eigenvalue weighted by atomic mass is 16.5. The van der Waals surface area contributed by atoms with E-state index in [1.54, 1.807) is 14.2 Å². The molecule has 0 radical (unpaired) electrons. The first kappa shape index (κ1) is 11.7. The van der Waals surface area contributed by atoms with Gasteiger partial charge in [-0.05, 0) is 18.6 Å². The summed E-state index contributed by atoms with van der Waals surface area (Å²) in [6, 6.07) is 5.58. The summed E-state index contributed by atoms with van der Waals surface area (Å²) >= 11 is 0. The summed E-state index contributed by atoms with van der Waals surface area (Å²) in [5.41, 5.74) is 0.909. The van der Waals surface area contributed by atoms with Crippen molar-refractivity contribution in [1.29, 1.82) is 0 Å². The zero-order chi connectivity index (χ0) is 11.1. The molecule has 0 aliphatic heterocycles. The zero-order valence-corrected chi connectivity index (χ0v) is 9.12. The van der Waals surface area contributed by atoms with Gasteiger partial charge in [-0.3, -0.25) is 0 Å². The Bertz CT molecular complexity index is 302. The first-order valence-corrected chi connectivity index (χ1v) is 4.88. The highest BCUT2D eigenvalue weighted by Crippen LogP contribution is 2.28. The minimum Gasteiger partial charge on any atom is -0.497 e. The molecule has 0 saturated heterocycles. The van der Waals surface area contributed by atoms with E-state index in [4.69, 9.17) is 14.6 Å². The number of benzene rings is 1. The summed E-state index contributed by atoms with van der Waals surface area (Å²) < 4.78 is 10.3. The van der Waals surface area contributed by atoms with Gasteiger partial charge in [-0.2, -0.15) is 0 Å². The maximum absolute atomic E-state index is 8.66. The van der Waals surface area contributed by atoms with Crippen LogP contribution >= 0.6 is 0 Å². The summed E-state index contributed by atoms with van der Waals surface area (Å²) in [5.74, 6) is 1.51. The molecule has 0 aliphatic rings. The summed E-state index contributed by atoms with van der Waals surface area (Å²) in [4.78, 5) is 0. The van der Waals surface area contributed by atoms with Crippen LogP contribution in [0.15, 0.2) is 18.2 Å². The largest absolute Gasteiger partial charge is 0.497 e. The molecule has 0 bridgehead atoms. The topological polar surface area (TPSA) is 50.7 Å². The average molecular weight is 211 g/mol. The minimum atomic E-state index is 0.186. The second-order valence-electron chi connectivity index (χ2n) is 3.07. The van der Waals surface area contributed by atoms with Gasteiger partial charge in [0.2, 0.25) is 0 Å². The van der Waals surface area contributed by atoms with Gasteiger partial charge in [0.25, 0.3) is 0 Å². The molecule has 84 valence electrons. The van der Waals surface area contributed by atoms with Crippen LogP contribution in [0.25, 0.3) is 0 Å². The molecule has 2 N–H and O–H groups in total. The Labute approximate surface area is 89.8 Å². The molecule has 0 unspecified atom stereocenters. The van der Waals surface area contributed by atoms with Crippen LogP contribution in [-0.4, -0.2) is 32.5 Å². The molecular formula is C11H17NO3. The molecule has 1 aromatic rings. The molecule has 0 atom stereocenters. The summed E-state index contributed by atoms with van der Waals surface area (Å²) in [6.07, 6.45) is 0.717. The number of hydrogen-bond donors (Lipinski definition) is 2. The van der Waals surface area contributed by atoms with E-state index in [0.29, 0.717) is 0 Å². The fourth-order valence-electron chi connectivity index (χ4n) is 1.25. The van der Waals surface area contributed by atoms with E-state index in [-0.39, 0.29) is 6.61 Å². The maximum atomic E-state index is 8.66. The van der Waals surface area contributed by atoms with E-state index < -0.39 is 0 Å². The lowest BCUT2D eigenvalue weighted by Crippen LogP contribution is -2.04. The monoisotopic (exact) mass is 211 g/mol. The van der Waals surface area contributed by atoms with Gasteiger partial charge in [0.05, 0.1) is 19.9 Å². The van der Waals surface area contributed by atoms with Gasteiger partial charge >= 0.3 is 0 Å². The van der Waals surface area contributed by atoms with Gasteiger partial charge < -0.3 is 19.9 Å². The van der Waals surface area contributed by atoms with Crippen LogP contribution in [0, 0.1) is 0 Å². The lowest BCUT2D eigenvalue weighted by Gasteiger charge is -2.11. The first-order chi connectivity index (χ1) is 7.31. The van der Waals surface area contributed by atoms with Gasteiger partial charge in [-0.1, -0.05) is 0 Å². The van der Waals surface area contributed by atoms with Gasteiger partial charge in [0, 0.05) is 19.2 Å². The van der Waals surface area contributed by atoms with Crippen LogP contribution in [-0.2, 0) is 0 Å². The number of methoxy groups -OCH3 is 2. The van der Waals surface area contributed by atoms with Crippen molar-refractivity contribution in [2.45, 2.75) is 6.42 Å². The number of rotatable bonds is 6. The highest BCUT2D eigenvalue weighted by molar-refractivity contribution is 5.59. The third-order valence-electron chi connectivity index (χ3n) is 2.06. The van der Waals surface area contributed by atoms with E-state index in [0.717, 1.165) is 30.2 Å². The second kappa shape index (κ2) is 6.14. The van der Waals surface area contributed by atoms with Crippen LogP contribution in [0.4, 0.5) is 5.69 Å². The number of ether oxygens (including phenoxy) is 2. The zero-order valence-electron chi connectivity index (χ0n) is 9.12. The standard InChI is InChI=1S/C11H17NO3/c1-14-9-4-5-10(11(8-9)15-2)12-6-3-7-13/h4-5,8,12-13H,3,6-7H2,1-2H3. The maximum Gasteiger partial charge on any atom is 0.145 e. The molecular weight excluding hydrogens is 194 g/mol. The minimum absolute atomic E-state index is 0.186. The van der Waals surface area contributed by atoms with Crippen molar-refractivity contribution < 1.29 is 14.6 Å². The third kappa shape index (κ3) is 3.32. The molecule has 4 heteroatoms. The highest BCUT2D eigenvalue weighted by Gasteiger charge is 2.03. The van der Waals surface area contributed by atoms with Crippen molar-refractivity contribution in [1.82, 2.24) is 0 Å². The molecule has 1 aromatic carbocycles. The van der Waals surface area contributed by atoms with Crippen molar-refractivity contribution in [2.24, 2.45) is 0 Å². The average Bonchev–Trinajstić information content (AvgIpc) is 2.29. The molecule has 0 spiro atoms. The van der Waals surface area contributed by atoms with Crippen molar-refractivity contribution >= 4 is 5.69 Å². The van der Waals surface area contributed by atoms with E-state index in [1.165, 1.54) is 0 Å². The fraction of sp³-hybridized carbons (Fsp3) is 0.455. The van der Waals surface area contributed by atoms with Crippen LogP contribution in [0.1, 0.15) is 6.42 Å². The Balaban J connectivity index is 2.69. The number of aliphatic hydroxyl groups excluding tert-OH is 1. The van der Waals surface area contributed by atoms with Crippen molar-refractivity contribution in [2.75, 3.05) is 32.7 Å². The molecule has 15 heavy (non-hydrogen) atoms. The van der Waals surface area contributed by atoms with Crippen molar-refractivity contribution in [3.05, 3.63) is 18.2 Å². The smallest absolute Gasteiger partial charge is 0.145 e. The van der Waals surface area contributed by atoms with Gasteiger partial charge in [-0.15, -0.1) is 0 Å². The number of anilines is 1. The quantitative estimate of drug-likeness (QED) is 0.700. The van der Waals surface area contributed by atoms with Crippen LogP contribution < -0.4 is 14.8 Å². The number of aliphatic hydroxyl groups is 1. The Morgan fingerprint density at radius 1 is 1.27 bits per heavy atom. The first-order valence-electron chi connectivity index (χ1n) is 4.88. The van der Waals surface area contributed by atoms with E-state index in [2.05, 4.69) is 5.32 Å². The SMILES string of the molecule is COc1ccc(NCCCO)c(OC)c1. The van der Waals surface area contributed by atoms with Gasteiger partial charge in [0.1, 0.15) is 11.5 Å². The predicted octanol–water partition coefficient (Wildman–Crippen LogP) is 1.50. The molecule has 1 rings (SSSR count). The molecule has 0 aliphatic carbocycles. The van der Waals surface area contributed by atoms with E-state index in [1.807, 2.05) is 18.2 Å². The van der Waals surface area contributed by atoms with Crippen molar-refractivity contribution in [3.8, 4) is 11.5 Å². The van der Waals surface area contributed by atoms with Crippen LogP contribution in [0.2, 0.25) is 0 Å². The lowest BCUT2D eigenvalue weighted by atomic mass is 10.2. The normalized spacial score (nSPS) is 9.80. The Kier molecular flexibility index (Phi) is 4.77. The molecule has 0 fully saturated rings. The van der Waals surface area contributed by atoms with Crippen molar-refractivity contribution in [3.63, 3.8) is 0 Å². The van der Waals surface area contributed by atoms with Gasteiger partial charge in [-0.25, -0.2) is 0 Å². The Morgan fingerprint density at radius 3 is 2.67 bits per heavy atom. The third-order valence-corrected chi connectivity index (χ3v) is 2.06. The molecule has 0 aromatic heterocycles. The second-order valence-corrected chi connectivity index (χ2v) is 3.07. The molecule has 0 heterocycles. The van der Waals surface area contributed by atoms with E-state index >= 15 is 0 Å². The van der Waals surface area contributed by atoms with E-state index in [9.17, 15) is 0 Å².